The number of aryl methyl sites for hydroxylation is 1. The summed E-state index contributed by atoms with van der Waals surface area (Å²) in [6, 6.07) is 2.03. The molecule has 1 N–H and O–H groups in total. The van der Waals surface area contributed by atoms with Crippen molar-refractivity contribution >= 4 is 0 Å². The van der Waals surface area contributed by atoms with Crippen LogP contribution < -0.4 is 0 Å². The molecule has 66 valence electrons. The van der Waals surface area contributed by atoms with Crippen LogP contribution in [0.4, 0.5) is 0 Å². The van der Waals surface area contributed by atoms with E-state index in [0.29, 0.717) is 0 Å². The van der Waals surface area contributed by atoms with E-state index in [1.807, 2.05) is 32.3 Å². The number of aromatic nitrogens is 1. The third kappa shape index (κ3) is 12.5. The number of H-pyrrole nitrogens is 1. The van der Waals surface area contributed by atoms with Gasteiger partial charge in [0, 0.05) is 12.4 Å². The van der Waals surface area contributed by atoms with E-state index in [-0.39, 0.29) is 0 Å². The SMILES string of the molecule is CC.CCC.Cc1cc[nH]c1. The average Bonchev–Trinajstić information content (AvgIpc) is 2.46. The van der Waals surface area contributed by atoms with Crippen molar-refractivity contribution in [3.05, 3.63) is 24.0 Å². The molecule has 0 unspecified atom stereocenters. The highest BCUT2D eigenvalue weighted by Crippen LogP contribution is 1.88. The number of hydrogen-bond donors (Lipinski definition) is 1. The summed E-state index contributed by atoms with van der Waals surface area (Å²) in [5.41, 5.74) is 1.29. The molecule has 0 aliphatic rings. The molecule has 1 heteroatoms. The van der Waals surface area contributed by atoms with E-state index in [9.17, 15) is 0 Å². The minimum Gasteiger partial charge on any atom is -0.367 e. The molecular formula is C10H21N. The van der Waals surface area contributed by atoms with Gasteiger partial charge in [0.2, 0.25) is 0 Å². The van der Waals surface area contributed by atoms with Crippen LogP contribution in [0.2, 0.25) is 0 Å². The van der Waals surface area contributed by atoms with Crippen LogP contribution in [0.25, 0.3) is 0 Å². The zero-order valence-corrected chi connectivity index (χ0v) is 8.44. The molecule has 0 radical (unpaired) electrons. The summed E-state index contributed by atoms with van der Waals surface area (Å²) in [5.74, 6) is 0. The standard InChI is InChI=1S/C5H7N.C3H8.C2H6/c1-5-2-3-6-4-5;1-3-2;1-2/h2-4,6H,1H3;3H2,1-2H3;1-2H3. The van der Waals surface area contributed by atoms with Crippen LogP contribution in [0, 0.1) is 6.92 Å². The second-order valence-electron chi connectivity index (χ2n) is 2.10. The third-order valence-electron chi connectivity index (χ3n) is 0.753. The average molecular weight is 155 g/mol. The zero-order chi connectivity index (χ0) is 9.11. The lowest BCUT2D eigenvalue weighted by Gasteiger charge is -1.65. The Hall–Kier alpha value is -0.720. The van der Waals surface area contributed by atoms with Gasteiger partial charge in [-0.2, -0.15) is 0 Å². The van der Waals surface area contributed by atoms with Crippen LogP contribution in [-0.2, 0) is 0 Å². The number of hydrogen-bond acceptors (Lipinski definition) is 0. The highest BCUT2D eigenvalue weighted by Gasteiger charge is 1.73. The highest BCUT2D eigenvalue weighted by molar-refractivity contribution is 5.03. The first-order chi connectivity index (χ1) is 5.31. The molecule has 0 aliphatic heterocycles. The third-order valence-corrected chi connectivity index (χ3v) is 0.753. The van der Waals surface area contributed by atoms with Crippen molar-refractivity contribution in [1.29, 1.82) is 0 Å². The number of aromatic amines is 1. The van der Waals surface area contributed by atoms with Crippen molar-refractivity contribution in [2.75, 3.05) is 0 Å². The second kappa shape index (κ2) is 12.0. The highest BCUT2D eigenvalue weighted by atomic mass is 14.6. The maximum absolute atomic E-state index is 2.93. The topological polar surface area (TPSA) is 15.8 Å². The Morgan fingerprint density at radius 3 is 1.82 bits per heavy atom. The molecule has 1 aromatic heterocycles. The first-order valence-corrected chi connectivity index (χ1v) is 4.40. The van der Waals surface area contributed by atoms with E-state index in [2.05, 4.69) is 25.8 Å². The van der Waals surface area contributed by atoms with E-state index in [1.54, 1.807) is 0 Å². The molecular weight excluding hydrogens is 134 g/mol. The quantitative estimate of drug-likeness (QED) is 0.587. The molecule has 11 heavy (non-hydrogen) atoms. The van der Waals surface area contributed by atoms with Gasteiger partial charge in [-0.25, -0.2) is 0 Å². The van der Waals surface area contributed by atoms with Crippen molar-refractivity contribution in [1.82, 2.24) is 4.98 Å². The zero-order valence-electron chi connectivity index (χ0n) is 8.44. The van der Waals surface area contributed by atoms with Gasteiger partial charge in [0.25, 0.3) is 0 Å². The summed E-state index contributed by atoms with van der Waals surface area (Å²) in [4.78, 5) is 2.93. The second-order valence-corrected chi connectivity index (χ2v) is 2.10. The van der Waals surface area contributed by atoms with Crippen molar-refractivity contribution in [2.45, 2.75) is 41.0 Å². The van der Waals surface area contributed by atoms with Crippen LogP contribution in [0.3, 0.4) is 0 Å². The first-order valence-electron chi connectivity index (χ1n) is 4.40. The van der Waals surface area contributed by atoms with Gasteiger partial charge in [0.05, 0.1) is 0 Å². The summed E-state index contributed by atoms with van der Waals surface area (Å²) in [6.45, 7) is 10.3. The maximum Gasteiger partial charge on any atom is 0.00345 e. The fourth-order valence-electron chi connectivity index (χ4n) is 0.407. The van der Waals surface area contributed by atoms with E-state index >= 15 is 0 Å². The largest absolute Gasteiger partial charge is 0.367 e. The molecule has 1 aromatic rings. The maximum atomic E-state index is 2.93. The van der Waals surface area contributed by atoms with Gasteiger partial charge in [-0.3, -0.25) is 0 Å². The molecule has 0 aliphatic carbocycles. The first kappa shape index (κ1) is 12.9. The summed E-state index contributed by atoms with van der Waals surface area (Å²) < 4.78 is 0. The monoisotopic (exact) mass is 155 g/mol. The van der Waals surface area contributed by atoms with Gasteiger partial charge in [0.1, 0.15) is 0 Å². The summed E-state index contributed by atoms with van der Waals surface area (Å²) >= 11 is 0. The van der Waals surface area contributed by atoms with Crippen LogP contribution in [0.15, 0.2) is 18.5 Å². The van der Waals surface area contributed by atoms with Crippen molar-refractivity contribution < 1.29 is 0 Å². The Morgan fingerprint density at radius 2 is 1.73 bits per heavy atom. The molecule has 1 rings (SSSR count). The molecule has 0 saturated carbocycles. The Morgan fingerprint density at radius 1 is 1.27 bits per heavy atom. The van der Waals surface area contributed by atoms with Crippen LogP contribution in [0.5, 0.6) is 0 Å². The van der Waals surface area contributed by atoms with E-state index in [4.69, 9.17) is 0 Å². The fraction of sp³-hybridized carbons (Fsp3) is 0.600. The molecule has 0 amide bonds. The molecule has 0 spiro atoms. The molecule has 0 saturated heterocycles. The summed E-state index contributed by atoms with van der Waals surface area (Å²) in [7, 11) is 0. The molecule has 0 fully saturated rings. The summed E-state index contributed by atoms with van der Waals surface area (Å²) in [6.07, 6.45) is 5.12. The van der Waals surface area contributed by atoms with E-state index < -0.39 is 0 Å². The Labute approximate surface area is 70.8 Å². The Balaban J connectivity index is 0. The predicted molar refractivity (Wildman–Crippen MR) is 52.8 cm³/mol. The van der Waals surface area contributed by atoms with Crippen LogP contribution >= 0.6 is 0 Å². The van der Waals surface area contributed by atoms with Crippen molar-refractivity contribution in [2.24, 2.45) is 0 Å². The van der Waals surface area contributed by atoms with E-state index in [0.717, 1.165) is 0 Å². The fourth-order valence-corrected chi connectivity index (χ4v) is 0.407. The summed E-state index contributed by atoms with van der Waals surface area (Å²) in [5, 5.41) is 0. The minimum atomic E-state index is 1.25. The van der Waals surface area contributed by atoms with Crippen molar-refractivity contribution in [3.63, 3.8) is 0 Å². The lowest BCUT2D eigenvalue weighted by Crippen LogP contribution is -1.50. The molecule has 1 nitrogen and oxygen atoms in total. The van der Waals surface area contributed by atoms with Crippen LogP contribution in [-0.4, -0.2) is 4.98 Å². The van der Waals surface area contributed by atoms with Gasteiger partial charge >= 0.3 is 0 Å². The van der Waals surface area contributed by atoms with Gasteiger partial charge in [-0.1, -0.05) is 34.1 Å². The van der Waals surface area contributed by atoms with Crippen molar-refractivity contribution in [3.8, 4) is 0 Å². The lowest BCUT2D eigenvalue weighted by atomic mass is 10.4. The predicted octanol–water partition coefficient (Wildman–Crippen LogP) is 3.77. The number of nitrogens with one attached hydrogen (secondary N) is 1. The van der Waals surface area contributed by atoms with Crippen LogP contribution in [0.1, 0.15) is 39.7 Å². The minimum absolute atomic E-state index is 1.25. The molecule has 0 bridgehead atoms. The van der Waals surface area contributed by atoms with Gasteiger partial charge in [-0.15, -0.1) is 0 Å². The Bertz CT molecular complexity index is 119. The molecule has 0 atom stereocenters. The van der Waals surface area contributed by atoms with E-state index in [1.165, 1.54) is 12.0 Å². The van der Waals surface area contributed by atoms with Gasteiger partial charge in [0.15, 0.2) is 0 Å². The smallest absolute Gasteiger partial charge is 0.00345 e. The molecule has 0 aromatic carbocycles. The van der Waals surface area contributed by atoms with Gasteiger partial charge in [-0.05, 0) is 18.6 Å². The normalized spacial score (nSPS) is 7.00. The Kier molecular flexibility index (Phi) is 14.1. The number of rotatable bonds is 0. The molecule has 1 heterocycles. The lowest BCUT2D eigenvalue weighted by molar-refractivity contribution is 1.09. The van der Waals surface area contributed by atoms with Gasteiger partial charge < -0.3 is 4.98 Å².